The van der Waals surface area contributed by atoms with Gasteiger partial charge in [0.25, 0.3) is 5.91 Å². The zero-order valence-electron chi connectivity index (χ0n) is 24.8. The molecule has 0 saturated heterocycles. The minimum atomic E-state index is -0.518. The molecule has 0 fully saturated rings. The Morgan fingerprint density at radius 2 is 1.69 bits per heavy atom. The van der Waals surface area contributed by atoms with Crippen LogP contribution < -0.4 is 5.32 Å². The lowest BCUT2D eigenvalue weighted by atomic mass is 9.69. The summed E-state index contributed by atoms with van der Waals surface area (Å²) in [5.41, 5.74) is 6.82. The maximum absolute atomic E-state index is 13.8. The molecule has 0 radical (unpaired) electrons. The Labute approximate surface area is 253 Å². The summed E-state index contributed by atoms with van der Waals surface area (Å²) in [6, 6.07) is 23.1. The van der Waals surface area contributed by atoms with Crippen molar-refractivity contribution in [3.8, 4) is 0 Å². The number of halogens is 1. The maximum atomic E-state index is 13.8. The molecule has 3 aromatic carbocycles. The Morgan fingerprint density at radius 1 is 1.00 bits per heavy atom. The number of allylic oxidation sites excluding steroid dienone is 1. The van der Waals surface area contributed by atoms with Gasteiger partial charge >= 0.3 is 5.97 Å². The molecule has 0 saturated carbocycles. The van der Waals surface area contributed by atoms with Crippen LogP contribution in [0.5, 0.6) is 0 Å². The number of amides is 1. The highest BCUT2D eigenvalue weighted by molar-refractivity contribution is 6.30. The molecule has 1 aromatic heterocycles. The molecular weight excluding hydrogens is 544 g/mol. The third kappa shape index (κ3) is 6.57. The van der Waals surface area contributed by atoms with Crippen molar-refractivity contribution >= 4 is 51.7 Å². The van der Waals surface area contributed by atoms with Crippen LogP contribution in [0.4, 0.5) is 5.69 Å². The molecule has 1 aliphatic rings. The van der Waals surface area contributed by atoms with Gasteiger partial charge in [-0.3, -0.25) is 4.79 Å². The van der Waals surface area contributed by atoms with E-state index in [4.69, 9.17) is 21.3 Å². The average Bonchev–Trinajstić information content (AvgIpc) is 2.95. The number of rotatable bonds is 6. The van der Waals surface area contributed by atoms with Gasteiger partial charge in [-0.2, -0.15) is 0 Å². The number of anilines is 1. The molecule has 4 aromatic rings. The molecule has 5 nitrogen and oxygen atoms in total. The van der Waals surface area contributed by atoms with E-state index in [-0.39, 0.29) is 23.8 Å². The summed E-state index contributed by atoms with van der Waals surface area (Å²) >= 11 is 6.14. The number of nitrogens with zero attached hydrogens (tertiary/aromatic N) is 1. The quantitative estimate of drug-likeness (QED) is 0.231. The van der Waals surface area contributed by atoms with Crippen molar-refractivity contribution < 1.29 is 14.3 Å². The number of nitrogens with one attached hydrogen (secondary N) is 1. The number of hydrogen-bond donors (Lipinski definition) is 1. The first-order valence-corrected chi connectivity index (χ1v) is 14.8. The molecule has 5 rings (SSSR count). The van der Waals surface area contributed by atoms with Crippen molar-refractivity contribution in [1.29, 1.82) is 0 Å². The molecule has 1 amide bonds. The molecule has 216 valence electrons. The standard InChI is InChI=1S/C36H37ClN2O3/c1-22(2)24-12-16-28(17-13-24)38-32(40)21-42-35(41)33-29-8-6-7-9-31(29)39-34-25(18-23-10-14-27(37)15-11-23)19-26(20-30(33)34)36(3,4)5/h6-18,22,26H,19-21H2,1-5H3,(H,38,40)/b25-18+. The molecule has 1 N–H and O–H groups in total. The summed E-state index contributed by atoms with van der Waals surface area (Å²) in [5, 5.41) is 4.24. The zero-order valence-corrected chi connectivity index (χ0v) is 25.6. The van der Waals surface area contributed by atoms with Crippen molar-refractivity contribution in [2.75, 3.05) is 11.9 Å². The number of carbonyl (C=O) groups is 2. The van der Waals surface area contributed by atoms with Gasteiger partial charge < -0.3 is 10.1 Å². The maximum Gasteiger partial charge on any atom is 0.339 e. The molecular formula is C36H37ClN2O3. The molecule has 0 bridgehead atoms. The predicted molar refractivity (Wildman–Crippen MR) is 172 cm³/mol. The topological polar surface area (TPSA) is 68.3 Å². The lowest BCUT2D eigenvalue weighted by molar-refractivity contribution is -0.119. The van der Waals surface area contributed by atoms with Gasteiger partial charge in [-0.1, -0.05) is 88.7 Å². The van der Waals surface area contributed by atoms with E-state index in [0.29, 0.717) is 34.1 Å². The Kier molecular flexibility index (Phi) is 8.51. The average molecular weight is 581 g/mol. The summed E-state index contributed by atoms with van der Waals surface area (Å²) in [5.74, 6) is -0.231. The summed E-state index contributed by atoms with van der Waals surface area (Å²) in [7, 11) is 0. The van der Waals surface area contributed by atoms with Crippen molar-refractivity contribution in [2.24, 2.45) is 11.3 Å². The summed E-state index contributed by atoms with van der Waals surface area (Å²) in [6.45, 7) is 10.5. The number of ether oxygens (including phenoxy) is 1. The van der Waals surface area contributed by atoms with E-state index in [2.05, 4.69) is 46.0 Å². The lowest BCUT2D eigenvalue weighted by Gasteiger charge is -2.36. The van der Waals surface area contributed by atoms with Crippen LogP contribution in [-0.2, 0) is 16.0 Å². The highest BCUT2D eigenvalue weighted by atomic mass is 35.5. The van der Waals surface area contributed by atoms with Crippen LogP contribution in [0.2, 0.25) is 5.02 Å². The fourth-order valence-corrected chi connectivity index (χ4v) is 5.61. The van der Waals surface area contributed by atoms with Crippen molar-refractivity contribution in [3.05, 3.63) is 106 Å². The minimum Gasteiger partial charge on any atom is -0.452 e. The van der Waals surface area contributed by atoms with Gasteiger partial charge in [0.1, 0.15) is 0 Å². The first kappa shape index (κ1) is 29.5. The molecule has 1 heterocycles. The van der Waals surface area contributed by atoms with Gasteiger partial charge in [-0.15, -0.1) is 0 Å². The number of aromatic nitrogens is 1. The van der Waals surface area contributed by atoms with E-state index < -0.39 is 5.97 Å². The first-order chi connectivity index (χ1) is 20.0. The second-order valence-electron chi connectivity index (χ2n) is 12.4. The van der Waals surface area contributed by atoms with E-state index >= 15 is 0 Å². The molecule has 1 aliphatic carbocycles. The van der Waals surface area contributed by atoms with Crippen LogP contribution in [0.3, 0.4) is 0 Å². The number of pyridine rings is 1. The number of esters is 1. The van der Waals surface area contributed by atoms with E-state index in [1.165, 1.54) is 5.56 Å². The van der Waals surface area contributed by atoms with Crippen LogP contribution in [-0.4, -0.2) is 23.5 Å². The van der Waals surface area contributed by atoms with Crippen LogP contribution in [0.15, 0.2) is 72.8 Å². The van der Waals surface area contributed by atoms with Crippen LogP contribution in [0.1, 0.15) is 79.7 Å². The smallest absolute Gasteiger partial charge is 0.339 e. The Bertz CT molecular complexity index is 1650. The summed E-state index contributed by atoms with van der Waals surface area (Å²) in [6.07, 6.45) is 3.66. The first-order valence-electron chi connectivity index (χ1n) is 14.4. The van der Waals surface area contributed by atoms with Crippen molar-refractivity contribution in [1.82, 2.24) is 4.98 Å². The van der Waals surface area contributed by atoms with E-state index in [9.17, 15) is 9.59 Å². The molecule has 42 heavy (non-hydrogen) atoms. The van der Waals surface area contributed by atoms with Gasteiger partial charge in [0, 0.05) is 16.1 Å². The van der Waals surface area contributed by atoms with Crippen LogP contribution >= 0.6 is 11.6 Å². The van der Waals surface area contributed by atoms with Crippen LogP contribution in [0.25, 0.3) is 22.6 Å². The van der Waals surface area contributed by atoms with Gasteiger partial charge in [0.2, 0.25) is 0 Å². The SMILES string of the molecule is CC(C)c1ccc(NC(=O)COC(=O)c2c3c(nc4ccccc24)/C(=C/c2ccc(Cl)cc2)CC(C(C)(C)C)C3)cc1. The molecule has 0 aliphatic heterocycles. The van der Waals surface area contributed by atoms with E-state index in [1.54, 1.807) is 0 Å². The number of fused-ring (bicyclic) bond motifs is 2. The fraction of sp³-hybridized carbons (Fsp3) is 0.306. The third-order valence-electron chi connectivity index (χ3n) is 8.05. The Morgan fingerprint density at radius 3 is 2.36 bits per heavy atom. The second kappa shape index (κ2) is 12.1. The summed E-state index contributed by atoms with van der Waals surface area (Å²) < 4.78 is 5.67. The zero-order chi connectivity index (χ0) is 30.0. The highest BCUT2D eigenvalue weighted by Crippen LogP contribution is 2.45. The Hall–Kier alpha value is -3.96. The van der Waals surface area contributed by atoms with Crippen molar-refractivity contribution in [3.63, 3.8) is 0 Å². The molecule has 6 heteroatoms. The molecule has 1 unspecified atom stereocenters. The van der Waals surface area contributed by atoms with Gasteiger partial charge in [-0.05, 0) is 88.8 Å². The van der Waals surface area contributed by atoms with E-state index in [1.807, 2.05) is 72.8 Å². The number of para-hydroxylation sites is 1. The predicted octanol–water partition coefficient (Wildman–Crippen LogP) is 8.96. The largest absolute Gasteiger partial charge is 0.452 e. The number of benzene rings is 3. The van der Waals surface area contributed by atoms with E-state index in [0.717, 1.165) is 34.2 Å². The number of carbonyl (C=O) groups excluding carboxylic acids is 2. The summed E-state index contributed by atoms with van der Waals surface area (Å²) in [4.78, 5) is 31.6. The van der Waals surface area contributed by atoms with Crippen molar-refractivity contribution in [2.45, 2.75) is 53.4 Å². The molecule has 0 spiro atoms. The van der Waals surface area contributed by atoms with Gasteiger partial charge in [0.15, 0.2) is 6.61 Å². The molecule has 1 atom stereocenters. The third-order valence-corrected chi connectivity index (χ3v) is 8.30. The van der Waals surface area contributed by atoms with Gasteiger partial charge in [-0.25, -0.2) is 9.78 Å². The normalized spacial score (nSPS) is 16.0. The highest BCUT2D eigenvalue weighted by Gasteiger charge is 2.35. The monoisotopic (exact) mass is 580 g/mol. The number of hydrogen-bond acceptors (Lipinski definition) is 4. The Balaban J connectivity index is 1.49. The van der Waals surface area contributed by atoms with Crippen LogP contribution in [0, 0.1) is 11.3 Å². The lowest BCUT2D eigenvalue weighted by Crippen LogP contribution is -2.29. The fourth-order valence-electron chi connectivity index (χ4n) is 5.48. The second-order valence-corrected chi connectivity index (χ2v) is 12.9. The van der Waals surface area contributed by atoms with Gasteiger partial charge in [0.05, 0.1) is 16.8 Å². The minimum absolute atomic E-state index is 0.00536.